The van der Waals surface area contributed by atoms with Gasteiger partial charge in [0, 0.05) is 24.4 Å². The number of hydrogen-bond donors (Lipinski definition) is 2. The Balaban J connectivity index is 1.35. The second kappa shape index (κ2) is 11.8. The van der Waals surface area contributed by atoms with E-state index in [9.17, 15) is 14.4 Å². The summed E-state index contributed by atoms with van der Waals surface area (Å²) < 4.78 is 11.1. The fourth-order valence-corrected chi connectivity index (χ4v) is 4.56. The first kappa shape index (κ1) is 23.2. The molecule has 1 fully saturated rings. The molecule has 0 bridgehead atoms. The molecule has 1 aromatic carbocycles. The zero-order valence-corrected chi connectivity index (χ0v) is 18.6. The summed E-state index contributed by atoms with van der Waals surface area (Å²) in [7, 11) is 0. The molecule has 1 aliphatic heterocycles. The van der Waals surface area contributed by atoms with Gasteiger partial charge in [0.15, 0.2) is 0 Å². The van der Waals surface area contributed by atoms with Gasteiger partial charge in [0.05, 0.1) is 24.5 Å². The molecule has 0 aromatic heterocycles. The van der Waals surface area contributed by atoms with Crippen LogP contribution in [-0.4, -0.2) is 49.3 Å². The predicted octanol–water partition coefficient (Wildman–Crippen LogP) is 2.91. The van der Waals surface area contributed by atoms with Crippen LogP contribution in [-0.2, 0) is 14.3 Å². The second-order valence-corrected chi connectivity index (χ2v) is 8.62. The van der Waals surface area contributed by atoms with Crippen LogP contribution < -0.4 is 15.4 Å². The number of carbonyl (C=O) groups is 3. The Bertz CT molecular complexity index is 788. The molecule has 0 radical (unpaired) electrons. The van der Waals surface area contributed by atoms with E-state index in [1.54, 1.807) is 36.0 Å². The summed E-state index contributed by atoms with van der Waals surface area (Å²) in [6, 6.07) is 7.04. The number of hydrogen-bond acceptors (Lipinski definition) is 6. The van der Waals surface area contributed by atoms with E-state index in [0.29, 0.717) is 31.0 Å². The highest BCUT2D eigenvalue weighted by atomic mass is 32.2. The van der Waals surface area contributed by atoms with E-state index in [0.717, 1.165) is 31.4 Å². The average molecular weight is 447 g/mol. The fourth-order valence-electron chi connectivity index (χ4n) is 3.68. The molecule has 1 aliphatic carbocycles. The van der Waals surface area contributed by atoms with E-state index >= 15 is 0 Å². The Morgan fingerprint density at radius 2 is 1.74 bits per heavy atom. The molecule has 2 aliphatic rings. The minimum Gasteiger partial charge on any atom is -0.490 e. The number of nitrogens with one attached hydrogen (secondary N) is 2. The molecular weight excluding hydrogens is 416 g/mol. The maximum atomic E-state index is 12.3. The SMILES string of the molecule is CCOC(=O)C1CCC(Oc2ccc(C(=O)NCCNC(=O)C3C=CSC3)cc2)CC1. The van der Waals surface area contributed by atoms with Crippen molar-refractivity contribution in [1.29, 1.82) is 0 Å². The first-order valence-electron chi connectivity index (χ1n) is 10.8. The molecule has 8 heteroatoms. The third-order valence-corrected chi connectivity index (χ3v) is 6.34. The van der Waals surface area contributed by atoms with E-state index in [1.807, 2.05) is 18.4 Å². The summed E-state index contributed by atoms with van der Waals surface area (Å²) in [6.45, 7) is 3.01. The van der Waals surface area contributed by atoms with Gasteiger partial charge in [-0.15, -0.1) is 11.8 Å². The van der Waals surface area contributed by atoms with Crippen LogP contribution in [0.4, 0.5) is 0 Å². The van der Waals surface area contributed by atoms with Crippen LogP contribution >= 0.6 is 11.8 Å². The standard InChI is InChI=1S/C23H30N2O5S/c1-2-29-23(28)17-5-9-20(10-6-17)30-19-7-3-16(4-8-19)21(26)24-12-13-25-22(27)18-11-14-31-15-18/h3-4,7-8,11,14,17-18,20H,2,5-6,9-10,12-13,15H2,1H3,(H,24,26)(H,25,27). The molecule has 31 heavy (non-hydrogen) atoms. The van der Waals surface area contributed by atoms with Crippen molar-refractivity contribution in [3.8, 4) is 5.75 Å². The molecule has 1 unspecified atom stereocenters. The van der Waals surface area contributed by atoms with Crippen molar-refractivity contribution in [3.63, 3.8) is 0 Å². The van der Waals surface area contributed by atoms with Crippen LogP contribution in [0.3, 0.4) is 0 Å². The molecule has 3 rings (SSSR count). The van der Waals surface area contributed by atoms with Crippen LogP contribution in [0.25, 0.3) is 0 Å². The Kier molecular flexibility index (Phi) is 8.82. The Hall–Kier alpha value is -2.48. The Morgan fingerprint density at radius 3 is 2.39 bits per heavy atom. The van der Waals surface area contributed by atoms with E-state index in [1.165, 1.54) is 0 Å². The van der Waals surface area contributed by atoms with Gasteiger partial charge in [0.2, 0.25) is 5.91 Å². The van der Waals surface area contributed by atoms with Crippen molar-refractivity contribution in [2.75, 3.05) is 25.4 Å². The highest BCUT2D eigenvalue weighted by molar-refractivity contribution is 8.02. The van der Waals surface area contributed by atoms with Gasteiger partial charge < -0.3 is 20.1 Å². The quantitative estimate of drug-likeness (QED) is 0.448. The fraction of sp³-hybridized carbons (Fsp3) is 0.522. The molecule has 2 N–H and O–H groups in total. The number of carbonyl (C=O) groups excluding carboxylic acids is 3. The van der Waals surface area contributed by atoms with Crippen LogP contribution in [0.1, 0.15) is 43.0 Å². The smallest absolute Gasteiger partial charge is 0.308 e. The molecule has 1 aromatic rings. The van der Waals surface area contributed by atoms with Crippen molar-refractivity contribution < 1.29 is 23.9 Å². The van der Waals surface area contributed by atoms with Gasteiger partial charge in [0.1, 0.15) is 5.75 Å². The molecule has 168 valence electrons. The number of benzene rings is 1. The van der Waals surface area contributed by atoms with Gasteiger partial charge in [-0.3, -0.25) is 14.4 Å². The number of thioether (sulfide) groups is 1. The third kappa shape index (κ3) is 7.02. The largest absolute Gasteiger partial charge is 0.490 e. The van der Waals surface area contributed by atoms with E-state index in [-0.39, 0.29) is 35.7 Å². The van der Waals surface area contributed by atoms with E-state index < -0.39 is 0 Å². The normalized spacial score (nSPS) is 22.5. The molecule has 0 spiro atoms. The van der Waals surface area contributed by atoms with Crippen molar-refractivity contribution >= 4 is 29.5 Å². The number of ether oxygens (including phenoxy) is 2. The van der Waals surface area contributed by atoms with E-state index in [4.69, 9.17) is 9.47 Å². The van der Waals surface area contributed by atoms with Gasteiger partial charge in [-0.05, 0) is 62.3 Å². The molecule has 0 saturated heterocycles. The molecule has 1 atom stereocenters. The zero-order valence-electron chi connectivity index (χ0n) is 17.8. The number of esters is 1. The maximum Gasteiger partial charge on any atom is 0.308 e. The molecule has 1 heterocycles. The minimum absolute atomic E-state index is 0.00621. The molecule has 1 saturated carbocycles. The third-order valence-electron chi connectivity index (χ3n) is 5.44. The van der Waals surface area contributed by atoms with E-state index in [2.05, 4.69) is 10.6 Å². The van der Waals surface area contributed by atoms with Crippen molar-refractivity contribution in [1.82, 2.24) is 10.6 Å². The lowest BCUT2D eigenvalue weighted by molar-refractivity contribution is -0.149. The van der Waals surface area contributed by atoms with Crippen molar-refractivity contribution in [3.05, 3.63) is 41.3 Å². The Morgan fingerprint density at radius 1 is 1.03 bits per heavy atom. The average Bonchev–Trinajstić information content (AvgIpc) is 3.33. The first-order chi connectivity index (χ1) is 15.1. The lowest BCUT2D eigenvalue weighted by atomic mass is 9.87. The Labute approximate surface area is 187 Å². The van der Waals surface area contributed by atoms with Gasteiger partial charge in [-0.2, -0.15) is 0 Å². The van der Waals surface area contributed by atoms with Gasteiger partial charge >= 0.3 is 5.97 Å². The highest BCUT2D eigenvalue weighted by Crippen LogP contribution is 2.28. The first-order valence-corrected chi connectivity index (χ1v) is 11.9. The number of rotatable bonds is 9. The van der Waals surface area contributed by atoms with Crippen molar-refractivity contribution in [2.24, 2.45) is 11.8 Å². The topological polar surface area (TPSA) is 93.7 Å². The summed E-state index contributed by atoms with van der Waals surface area (Å²) in [5.41, 5.74) is 0.542. The summed E-state index contributed by atoms with van der Waals surface area (Å²) in [5, 5.41) is 7.58. The highest BCUT2D eigenvalue weighted by Gasteiger charge is 2.28. The maximum absolute atomic E-state index is 12.3. The summed E-state index contributed by atoms with van der Waals surface area (Å²) in [5.74, 6) is 1.09. The van der Waals surface area contributed by atoms with Crippen LogP contribution in [0.15, 0.2) is 35.7 Å². The van der Waals surface area contributed by atoms with Gasteiger partial charge in [-0.1, -0.05) is 6.08 Å². The summed E-state index contributed by atoms with van der Waals surface area (Å²) >= 11 is 1.63. The second-order valence-electron chi connectivity index (χ2n) is 7.68. The van der Waals surface area contributed by atoms with Crippen LogP contribution in [0, 0.1) is 11.8 Å². The van der Waals surface area contributed by atoms with Crippen molar-refractivity contribution in [2.45, 2.75) is 38.7 Å². The van der Waals surface area contributed by atoms with Gasteiger partial charge in [-0.25, -0.2) is 0 Å². The molecule has 7 nitrogen and oxygen atoms in total. The lowest BCUT2D eigenvalue weighted by Gasteiger charge is -2.27. The van der Waals surface area contributed by atoms with Crippen LogP contribution in [0.2, 0.25) is 0 Å². The van der Waals surface area contributed by atoms with Gasteiger partial charge in [0.25, 0.3) is 5.91 Å². The zero-order chi connectivity index (χ0) is 22.1. The summed E-state index contributed by atoms with van der Waals surface area (Å²) in [6.07, 6.45) is 5.14. The lowest BCUT2D eigenvalue weighted by Crippen LogP contribution is -2.37. The van der Waals surface area contributed by atoms with Crippen LogP contribution in [0.5, 0.6) is 5.75 Å². The summed E-state index contributed by atoms with van der Waals surface area (Å²) in [4.78, 5) is 36.0. The minimum atomic E-state index is -0.188. The number of amides is 2. The predicted molar refractivity (Wildman–Crippen MR) is 120 cm³/mol. The molecule has 2 amide bonds. The monoisotopic (exact) mass is 446 g/mol. The molecular formula is C23H30N2O5S.